The number of rotatable bonds is 7. The monoisotopic (exact) mass is 395 g/mol. The van der Waals surface area contributed by atoms with Crippen LogP contribution in [0.25, 0.3) is 0 Å². The highest BCUT2D eigenvalue weighted by Gasteiger charge is 2.21. The van der Waals surface area contributed by atoms with Crippen molar-refractivity contribution in [1.29, 1.82) is 0 Å². The van der Waals surface area contributed by atoms with Gasteiger partial charge in [0.25, 0.3) is 0 Å². The summed E-state index contributed by atoms with van der Waals surface area (Å²) < 4.78 is 5.41. The average molecular weight is 396 g/mol. The highest BCUT2D eigenvalue weighted by molar-refractivity contribution is 5.78. The summed E-state index contributed by atoms with van der Waals surface area (Å²) in [5.74, 6) is 0.986. The van der Waals surface area contributed by atoms with Gasteiger partial charge in [-0.3, -0.25) is 4.79 Å². The van der Waals surface area contributed by atoms with Crippen molar-refractivity contribution >= 4 is 11.9 Å². The second-order valence-electron chi connectivity index (χ2n) is 7.43. The third-order valence-corrected chi connectivity index (χ3v) is 5.47. The van der Waals surface area contributed by atoms with Crippen LogP contribution in [0.15, 0.2) is 48.5 Å². The molecule has 1 atom stereocenters. The SMILES string of the molecule is COc1ccccc1C(C)N(C)C(=O)NCc1cccc(CN2CCCC2=O)c1. The maximum atomic E-state index is 12.7. The number of nitrogens with one attached hydrogen (secondary N) is 1. The van der Waals surface area contributed by atoms with E-state index in [0.29, 0.717) is 19.5 Å². The fraction of sp³-hybridized carbons (Fsp3) is 0.391. The van der Waals surface area contributed by atoms with Crippen LogP contribution in [0.5, 0.6) is 5.75 Å². The summed E-state index contributed by atoms with van der Waals surface area (Å²) in [6.07, 6.45) is 1.58. The first-order valence-electron chi connectivity index (χ1n) is 9.98. The molecular weight excluding hydrogens is 366 g/mol. The van der Waals surface area contributed by atoms with Crippen LogP contribution in [-0.4, -0.2) is 42.4 Å². The molecular formula is C23H29N3O3. The van der Waals surface area contributed by atoms with E-state index in [1.54, 1.807) is 19.1 Å². The molecule has 1 N–H and O–H groups in total. The van der Waals surface area contributed by atoms with Crippen molar-refractivity contribution in [3.63, 3.8) is 0 Å². The normalized spacial score (nSPS) is 14.6. The lowest BCUT2D eigenvalue weighted by Gasteiger charge is -2.27. The molecule has 29 heavy (non-hydrogen) atoms. The molecule has 2 aromatic carbocycles. The summed E-state index contributed by atoms with van der Waals surface area (Å²) in [6.45, 7) is 3.87. The van der Waals surface area contributed by atoms with E-state index in [-0.39, 0.29) is 18.0 Å². The molecule has 0 aliphatic carbocycles. The number of carbonyl (C=O) groups is 2. The first-order chi connectivity index (χ1) is 14.0. The van der Waals surface area contributed by atoms with Crippen LogP contribution in [0.2, 0.25) is 0 Å². The van der Waals surface area contributed by atoms with Gasteiger partial charge in [0.2, 0.25) is 5.91 Å². The summed E-state index contributed by atoms with van der Waals surface area (Å²) in [5.41, 5.74) is 3.06. The summed E-state index contributed by atoms with van der Waals surface area (Å²) in [5, 5.41) is 2.98. The lowest BCUT2D eigenvalue weighted by Crippen LogP contribution is -2.38. The molecule has 0 bridgehead atoms. The quantitative estimate of drug-likeness (QED) is 0.777. The molecule has 3 amide bonds. The Labute approximate surface area is 172 Å². The van der Waals surface area contributed by atoms with E-state index in [2.05, 4.69) is 11.4 Å². The lowest BCUT2D eigenvalue weighted by molar-refractivity contribution is -0.128. The topological polar surface area (TPSA) is 61.9 Å². The van der Waals surface area contributed by atoms with Gasteiger partial charge in [0.15, 0.2) is 0 Å². The zero-order chi connectivity index (χ0) is 20.8. The van der Waals surface area contributed by atoms with E-state index in [1.165, 1.54) is 0 Å². The van der Waals surface area contributed by atoms with E-state index in [4.69, 9.17) is 4.74 Å². The number of amides is 3. The number of benzene rings is 2. The number of urea groups is 1. The largest absolute Gasteiger partial charge is 0.496 e. The number of hydrogen-bond donors (Lipinski definition) is 1. The van der Waals surface area contributed by atoms with Crippen molar-refractivity contribution in [2.75, 3.05) is 20.7 Å². The molecule has 0 spiro atoms. The van der Waals surface area contributed by atoms with Gasteiger partial charge < -0.3 is 19.9 Å². The van der Waals surface area contributed by atoms with Crippen molar-refractivity contribution in [1.82, 2.24) is 15.1 Å². The zero-order valence-electron chi connectivity index (χ0n) is 17.4. The van der Waals surface area contributed by atoms with Gasteiger partial charge in [-0.2, -0.15) is 0 Å². The van der Waals surface area contributed by atoms with Gasteiger partial charge in [0.05, 0.1) is 13.2 Å². The molecule has 1 saturated heterocycles. The van der Waals surface area contributed by atoms with Crippen molar-refractivity contribution < 1.29 is 14.3 Å². The molecule has 1 fully saturated rings. The zero-order valence-corrected chi connectivity index (χ0v) is 17.4. The maximum Gasteiger partial charge on any atom is 0.317 e. The van der Waals surface area contributed by atoms with E-state index < -0.39 is 0 Å². The molecule has 1 aliphatic heterocycles. The first kappa shape index (κ1) is 20.7. The third kappa shape index (κ3) is 5.08. The van der Waals surface area contributed by atoms with E-state index in [1.807, 2.05) is 54.3 Å². The van der Waals surface area contributed by atoms with E-state index >= 15 is 0 Å². The third-order valence-electron chi connectivity index (χ3n) is 5.47. The molecule has 154 valence electrons. The van der Waals surface area contributed by atoms with Gasteiger partial charge >= 0.3 is 6.03 Å². The van der Waals surface area contributed by atoms with Crippen LogP contribution in [-0.2, 0) is 17.9 Å². The summed E-state index contributed by atoms with van der Waals surface area (Å²) in [7, 11) is 3.41. The van der Waals surface area contributed by atoms with Crippen molar-refractivity contribution in [3.8, 4) is 5.75 Å². The Balaban J connectivity index is 1.58. The number of hydrogen-bond acceptors (Lipinski definition) is 3. The minimum atomic E-state index is -0.150. The Kier molecular flexibility index (Phi) is 6.75. The Hall–Kier alpha value is -3.02. The number of methoxy groups -OCH3 is 1. The molecule has 6 heteroatoms. The minimum Gasteiger partial charge on any atom is -0.496 e. The Bertz CT molecular complexity index is 868. The molecule has 2 aromatic rings. The smallest absolute Gasteiger partial charge is 0.317 e. The van der Waals surface area contributed by atoms with Crippen LogP contribution in [0, 0.1) is 0 Å². The van der Waals surface area contributed by atoms with Crippen LogP contribution in [0.1, 0.15) is 42.5 Å². The Morgan fingerprint density at radius 3 is 2.69 bits per heavy atom. The lowest BCUT2D eigenvalue weighted by atomic mass is 10.1. The van der Waals surface area contributed by atoms with Crippen molar-refractivity contribution in [2.45, 2.75) is 38.9 Å². The summed E-state index contributed by atoms with van der Waals surface area (Å²) >= 11 is 0. The van der Waals surface area contributed by atoms with Crippen molar-refractivity contribution in [3.05, 3.63) is 65.2 Å². The van der Waals surface area contributed by atoms with Crippen molar-refractivity contribution in [2.24, 2.45) is 0 Å². The predicted molar refractivity (Wildman–Crippen MR) is 113 cm³/mol. The van der Waals surface area contributed by atoms with Gasteiger partial charge in [0, 0.05) is 38.7 Å². The van der Waals surface area contributed by atoms with Crippen LogP contribution >= 0.6 is 0 Å². The molecule has 1 unspecified atom stereocenters. The van der Waals surface area contributed by atoms with E-state index in [9.17, 15) is 9.59 Å². The molecule has 1 aliphatic rings. The molecule has 1 heterocycles. The van der Waals surface area contributed by atoms with Crippen LogP contribution in [0.4, 0.5) is 4.79 Å². The average Bonchev–Trinajstić information content (AvgIpc) is 3.15. The number of para-hydroxylation sites is 1. The van der Waals surface area contributed by atoms with Crippen LogP contribution in [0.3, 0.4) is 0 Å². The Morgan fingerprint density at radius 1 is 1.21 bits per heavy atom. The van der Waals surface area contributed by atoms with Crippen LogP contribution < -0.4 is 10.1 Å². The number of likely N-dealkylation sites (tertiary alicyclic amines) is 1. The molecule has 0 saturated carbocycles. The minimum absolute atomic E-state index is 0.126. The fourth-order valence-electron chi connectivity index (χ4n) is 3.63. The van der Waals surface area contributed by atoms with E-state index in [0.717, 1.165) is 35.4 Å². The second-order valence-corrected chi connectivity index (χ2v) is 7.43. The Morgan fingerprint density at radius 2 is 1.97 bits per heavy atom. The highest BCUT2D eigenvalue weighted by atomic mass is 16.5. The molecule has 0 radical (unpaired) electrons. The first-order valence-corrected chi connectivity index (χ1v) is 9.98. The fourth-order valence-corrected chi connectivity index (χ4v) is 3.63. The molecule has 6 nitrogen and oxygen atoms in total. The maximum absolute atomic E-state index is 12.7. The highest BCUT2D eigenvalue weighted by Crippen LogP contribution is 2.28. The predicted octanol–water partition coefficient (Wildman–Crippen LogP) is 3.72. The molecule has 3 rings (SSSR count). The van der Waals surface area contributed by atoms with Gasteiger partial charge in [-0.1, -0.05) is 42.5 Å². The summed E-state index contributed by atoms with van der Waals surface area (Å²) in [6, 6.07) is 15.5. The summed E-state index contributed by atoms with van der Waals surface area (Å²) in [4.78, 5) is 28.1. The number of carbonyl (C=O) groups excluding carboxylic acids is 2. The standard InChI is InChI=1S/C23H29N3O3/c1-17(20-10-4-5-11-21(20)29-3)25(2)23(28)24-15-18-8-6-9-19(14-18)16-26-13-7-12-22(26)27/h4-6,8-11,14,17H,7,12-13,15-16H2,1-3H3,(H,24,28). The van der Waals surface area contributed by atoms with Gasteiger partial charge in [-0.15, -0.1) is 0 Å². The van der Waals surface area contributed by atoms with Gasteiger partial charge in [-0.25, -0.2) is 4.79 Å². The van der Waals surface area contributed by atoms with Gasteiger partial charge in [0.1, 0.15) is 5.75 Å². The second kappa shape index (κ2) is 9.45. The molecule has 0 aromatic heterocycles. The number of nitrogens with zero attached hydrogens (tertiary/aromatic N) is 2. The number of ether oxygens (including phenoxy) is 1. The van der Waals surface area contributed by atoms with Gasteiger partial charge in [-0.05, 0) is 30.5 Å².